The van der Waals surface area contributed by atoms with Gasteiger partial charge in [0.05, 0.1) is 0 Å². The highest BCUT2D eigenvalue weighted by Gasteiger charge is 2.30. The lowest BCUT2D eigenvalue weighted by atomic mass is 10.0. The number of rotatable bonds is 4. The second-order valence-electron chi connectivity index (χ2n) is 4.98. The molecule has 0 atom stereocenters. The molecule has 9 heteroatoms. The number of hydrogen-bond acceptors (Lipinski definition) is 3. The topological polar surface area (TPSA) is 68.9 Å². The molecule has 130 valence electrons. The lowest BCUT2D eigenvalue weighted by Crippen LogP contribution is -2.25. The van der Waals surface area contributed by atoms with Crippen molar-refractivity contribution in [1.29, 1.82) is 0 Å². The van der Waals surface area contributed by atoms with Gasteiger partial charge >= 0.3 is 6.36 Å². The molecule has 1 aliphatic heterocycles. The highest BCUT2D eigenvalue weighted by atomic mass is 127. The van der Waals surface area contributed by atoms with Crippen LogP contribution in [0, 0.1) is 5.92 Å². The number of alkyl halides is 3. The Hall–Kier alpha value is -1.23. The van der Waals surface area contributed by atoms with E-state index in [1.165, 1.54) is 24.3 Å². The normalized spacial score (nSPS) is 16.6. The molecule has 1 aromatic carbocycles. The zero-order valence-electron chi connectivity index (χ0n) is 12.3. The molecule has 0 radical (unpaired) electrons. The minimum atomic E-state index is -4.70. The maximum Gasteiger partial charge on any atom is 0.573 e. The highest BCUT2D eigenvalue weighted by Crippen LogP contribution is 2.23. The van der Waals surface area contributed by atoms with Crippen LogP contribution in [0.5, 0.6) is 5.75 Å². The van der Waals surface area contributed by atoms with Gasteiger partial charge in [0.15, 0.2) is 5.96 Å². The van der Waals surface area contributed by atoms with Crippen LogP contribution in [0.2, 0.25) is 0 Å². The van der Waals surface area contributed by atoms with Crippen molar-refractivity contribution in [2.24, 2.45) is 16.6 Å². The lowest BCUT2D eigenvalue weighted by molar-refractivity contribution is -0.274. The van der Waals surface area contributed by atoms with Crippen LogP contribution in [0.1, 0.15) is 12.8 Å². The maximum atomic E-state index is 12.0. The third-order valence-electron chi connectivity index (χ3n) is 3.22. The van der Waals surface area contributed by atoms with Gasteiger partial charge < -0.3 is 20.5 Å². The number of nitrogens with two attached hydrogens (primary N) is 1. The molecular formula is C14H19F3IN3O2. The van der Waals surface area contributed by atoms with Gasteiger partial charge in [-0.05, 0) is 43.0 Å². The lowest BCUT2D eigenvalue weighted by Gasteiger charge is -2.20. The third-order valence-corrected chi connectivity index (χ3v) is 3.22. The first-order valence-corrected chi connectivity index (χ1v) is 6.93. The predicted octanol–water partition coefficient (Wildman–Crippen LogP) is 3.36. The minimum Gasteiger partial charge on any atom is -0.406 e. The number of guanidine groups is 1. The van der Waals surface area contributed by atoms with E-state index in [0.29, 0.717) is 18.2 Å². The zero-order valence-corrected chi connectivity index (χ0v) is 14.6. The predicted molar refractivity (Wildman–Crippen MR) is 92.2 cm³/mol. The molecule has 1 aromatic rings. The summed E-state index contributed by atoms with van der Waals surface area (Å²) in [7, 11) is 0. The van der Waals surface area contributed by atoms with E-state index in [1.807, 2.05) is 0 Å². The van der Waals surface area contributed by atoms with Crippen LogP contribution in [-0.2, 0) is 4.74 Å². The van der Waals surface area contributed by atoms with Gasteiger partial charge in [0.2, 0.25) is 0 Å². The molecule has 0 aromatic heterocycles. The van der Waals surface area contributed by atoms with Crippen molar-refractivity contribution in [3.63, 3.8) is 0 Å². The van der Waals surface area contributed by atoms with Gasteiger partial charge in [-0.1, -0.05) is 0 Å². The molecule has 1 aliphatic rings. The average molecular weight is 445 g/mol. The Morgan fingerprint density at radius 3 is 2.43 bits per heavy atom. The summed E-state index contributed by atoms with van der Waals surface area (Å²) in [6.45, 7) is 2.10. The summed E-state index contributed by atoms with van der Waals surface area (Å²) in [5, 5.41) is 2.83. The molecule has 0 unspecified atom stereocenters. The Balaban J connectivity index is 0.00000264. The molecule has 0 amide bonds. The smallest absolute Gasteiger partial charge is 0.406 e. The van der Waals surface area contributed by atoms with E-state index >= 15 is 0 Å². The minimum absolute atomic E-state index is 0. The quantitative estimate of drug-likeness (QED) is 0.424. The number of anilines is 1. The van der Waals surface area contributed by atoms with Crippen LogP contribution < -0.4 is 15.8 Å². The first kappa shape index (κ1) is 19.8. The fourth-order valence-electron chi connectivity index (χ4n) is 2.08. The Morgan fingerprint density at radius 1 is 1.26 bits per heavy atom. The summed E-state index contributed by atoms with van der Waals surface area (Å²) < 4.78 is 45.2. The van der Waals surface area contributed by atoms with Crippen LogP contribution in [0.25, 0.3) is 0 Å². The van der Waals surface area contributed by atoms with Crippen LogP contribution in [0.15, 0.2) is 29.3 Å². The van der Waals surface area contributed by atoms with Gasteiger partial charge in [0, 0.05) is 25.4 Å². The average Bonchev–Trinajstić information content (AvgIpc) is 2.47. The standard InChI is InChI=1S/C14H18F3N3O2.HI/c15-14(16,17)22-12-3-1-11(2-4-12)20-13(18)19-9-10-5-7-21-8-6-10;/h1-4,10H,5-9H2,(H3,18,19,20);1H. The van der Waals surface area contributed by atoms with E-state index in [-0.39, 0.29) is 35.7 Å². The van der Waals surface area contributed by atoms with Gasteiger partial charge in [-0.2, -0.15) is 0 Å². The first-order chi connectivity index (χ1) is 10.4. The summed E-state index contributed by atoms with van der Waals surface area (Å²) in [6.07, 6.45) is -2.78. The number of benzene rings is 1. The second kappa shape index (κ2) is 9.16. The summed E-state index contributed by atoms with van der Waals surface area (Å²) in [4.78, 5) is 4.24. The molecule has 3 N–H and O–H groups in total. The number of nitrogens with one attached hydrogen (secondary N) is 1. The van der Waals surface area contributed by atoms with Crippen molar-refractivity contribution in [2.45, 2.75) is 19.2 Å². The fourth-order valence-corrected chi connectivity index (χ4v) is 2.08. The van der Waals surface area contributed by atoms with Crippen molar-refractivity contribution in [3.8, 4) is 5.75 Å². The highest BCUT2D eigenvalue weighted by molar-refractivity contribution is 14.0. The van der Waals surface area contributed by atoms with Crippen LogP contribution in [0.4, 0.5) is 18.9 Å². The largest absolute Gasteiger partial charge is 0.573 e. The maximum absolute atomic E-state index is 12.0. The van der Waals surface area contributed by atoms with Crippen molar-refractivity contribution in [3.05, 3.63) is 24.3 Å². The first-order valence-electron chi connectivity index (χ1n) is 6.93. The van der Waals surface area contributed by atoms with Crippen LogP contribution >= 0.6 is 24.0 Å². The molecule has 0 aliphatic carbocycles. The Morgan fingerprint density at radius 2 is 1.87 bits per heavy atom. The monoisotopic (exact) mass is 445 g/mol. The van der Waals surface area contributed by atoms with Gasteiger partial charge in [-0.15, -0.1) is 37.1 Å². The molecule has 1 saturated heterocycles. The number of ether oxygens (including phenoxy) is 2. The number of hydrogen-bond donors (Lipinski definition) is 2. The van der Waals surface area contributed by atoms with Crippen LogP contribution in [-0.4, -0.2) is 32.1 Å². The zero-order chi connectivity index (χ0) is 16.0. The van der Waals surface area contributed by atoms with Gasteiger partial charge in [0.1, 0.15) is 5.75 Å². The molecule has 0 spiro atoms. The fraction of sp³-hybridized carbons (Fsp3) is 0.500. The molecule has 5 nitrogen and oxygen atoms in total. The van der Waals surface area contributed by atoms with Crippen LogP contribution in [0.3, 0.4) is 0 Å². The third kappa shape index (κ3) is 7.73. The summed E-state index contributed by atoms with van der Waals surface area (Å²) in [6, 6.07) is 5.30. The van der Waals surface area contributed by atoms with Gasteiger partial charge in [-0.3, -0.25) is 4.99 Å². The van der Waals surface area contributed by atoms with E-state index in [4.69, 9.17) is 10.5 Å². The van der Waals surface area contributed by atoms with Crippen molar-refractivity contribution < 1.29 is 22.6 Å². The van der Waals surface area contributed by atoms with E-state index < -0.39 is 6.36 Å². The van der Waals surface area contributed by atoms with E-state index in [1.54, 1.807) is 0 Å². The number of halogens is 4. The molecule has 0 bridgehead atoms. The van der Waals surface area contributed by atoms with Gasteiger partial charge in [0.25, 0.3) is 0 Å². The van der Waals surface area contributed by atoms with E-state index in [2.05, 4.69) is 15.0 Å². The molecule has 2 rings (SSSR count). The Kier molecular flexibility index (Phi) is 7.89. The number of aliphatic imine (C=N–C) groups is 1. The Bertz CT molecular complexity index is 503. The second-order valence-corrected chi connectivity index (χ2v) is 4.98. The molecule has 23 heavy (non-hydrogen) atoms. The summed E-state index contributed by atoms with van der Waals surface area (Å²) >= 11 is 0. The molecule has 1 fully saturated rings. The Labute approximate surface area is 149 Å². The summed E-state index contributed by atoms with van der Waals surface area (Å²) in [5.41, 5.74) is 6.30. The summed E-state index contributed by atoms with van der Waals surface area (Å²) in [5.74, 6) is 0.406. The molecular weight excluding hydrogens is 426 g/mol. The SMILES string of the molecule is I.NC(=NCC1CCOCC1)Nc1ccc(OC(F)(F)F)cc1. The van der Waals surface area contributed by atoms with E-state index in [9.17, 15) is 13.2 Å². The number of nitrogens with zero attached hydrogens (tertiary/aromatic N) is 1. The molecule has 1 heterocycles. The van der Waals surface area contributed by atoms with E-state index in [0.717, 1.165) is 26.1 Å². The van der Waals surface area contributed by atoms with Gasteiger partial charge in [-0.25, -0.2) is 0 Å². The molecule has 0 saturated carbocycles. The van der Waals surface area contributed by atoms with Crippen molar-refractivity contribution >= 4 is 35.6 Å². The van der Waals surface area contributed by atoms with Crippen molar-refractivity contribution in [2.75, 3.05) is 25.1 Å². The van der Waals surface area contributed by atoms with Crippen molar-refractivity contribution in [1.82, 2.24) is 0 Å².